The van der Waals surface area contributed by atoms with Gasteiger partial charge in [-0.15, -0.1) is 0 Å². The number of ether oxygens (including phenoxy) is 2. The molecular weight excluding hydrogens is 434 g/mol. The molecule has 4 nitrogen and oxygen atoms in total. The lowest BCUT2D eigenvalue weighted by molar-refractivity contribution is 0.0954. The Morgan fingerprint density at radius 1 is 1.03 bits per heavy atom. The zero-order chi connectivity index (χ0) is 22.9. The Morgan fingerprint density at radius 2 is 1.76 bits per heavy atom. The van der Waals surface area contributed by atoms with Gasteiger partial charge in [-0.1, -0.05) is 54.9 Å². The highest BCUT2D eigenvalue weighted by atomic mass is 35.5. The van der Waals surface area contributed by atoms with E-state index in [1.54, 1.807) is 0 Å². The predicted molar refractivity (Wildman–Crippen MR) is 131 cm³/mol. The first kappa shape index (κ1) is 21.7. The number of fused-ring (bicyclic) bond motifs is 2. The monoisotopic (exact) mass is 459 g/mol. The second-order valence-electron chi connectivity index (χ2n) is 8.60. The third kappa shape index (κ3) is 4.41. The van der Waals surface area contributed by atoms with Gasteiger partial charge in [0.2, 0.25) is 5.78 Å². The van der Waals surface area contributed by atoms with E-state index in [1.807, 2.05) is 43.3 Å². The van der Waals surface area contributed by atoms with Crippen LogP contribution in [0.25, 0.3) is 6.08 Å². The van der Waals surface area contributed by atoms with Gasteiger partial charge in [0.05, 0.1) is 5.56 Å². The highest BCUT2D eigenvalue weighted by Crippen LogP contribution is 2.43. The van der Waals surface area contributed by atoms with E-state index in [0.29, 0.717) is 23.8 Å². The van der Waals surface area contributed by atoms with Crippen LogP contribution < -0.4 is 9.47 Å². The van der Waals surface area contributed by atoms with Gasteiger partial charge in [-0.25, -0.2) is 0 Å². The summed E-state index contributed by atoms with van der Waals surface area (Å²) in [5.41, 5.74) is 5.99. The van der Waals surface area contributed by atoms with E-state index < -0.39 is 0 Å². The zero-order valence-corrected chi connectivity index (χ0v) is 19.6. The highest BCUT2D eigenvalue weighted by molar-refractivity contribution is 6.30. The summed E-state index contributed by atoms with van der Waals surface area (Å²) in [6.07, 6.45) is 3.71. The molecule has 168 valence electrons. The van der Waals surface area contributed by atoms with Crippen LogP contribution in [0.3, 0.4) is 0 Å². The van der Waals surface area contributed by atoms with Crippen LogP contribution in [0.1, 0.15) is 45.1 Å². The number of carbonyl (C=O) groups is 1. The molecule has 0 unspecified atom stereocenters. The minimum atomic E-state index is -0.0752. The standard InChI is InChI=1S/C28H26ClNO3/c1-3-19-4-6-21(7-5-19)14-25-26(31)24-15-22-16-30(13-12-20-8-10-23(29)11-9-20)17-32-27(22)18(2)28(24)33-25/h4-11,14-15H,3,12-13,16-17H2,1-2H3/b25-14-. The van der Waals surface area contributed by atoms with E-state index in [0.717, 1.165) is 53.4 Å². The Labute approximate surface area is 199 Å². The maximum absolute atomic E-state index is 13.1. The van der Waals surface area contributed by atoms with Gasteiger partial charge < -0.3 is 9.47 Å². The number of hydrogen-bond acceptors (Lipinski definition) is 4. The van der Waals surface area contributed by atoms with Crippen molar-refractivity contribution in [2.75, 3.05) is 13.3 Å². The molecule has 2 aliphatic heterocycles. The topological polar surface area (TPSA) is 38.8 Å². The van der Waals surface area contributed by atoms with Crippen LogP contribution in [-0.2, 0) is 19.4 Å². The summed E-state index contributed by atoms with van der Waals surface area (Å²) in [6.45, 7) is 6.20. The Morgan fingerprint density at radius 3 is 2.48 bits per heavy atom. The van der Waals surface area contributed by atoms with Gasteiger partial charge in [0.25, 0.3) is 0 Å². The Balaban J connectivity index is 1.34. The normalized spacial score (nSPS) is 16.3. The molecule has 0 saturated carbocycles. The molecule has 0 aliphatic carbocycles. The van der Waals surface area contributed by atoms with Gasteiger partial charge in [-0.05, 0) is 60.7 Å². The summed E-state index contributed by atoms with van der Waals surface area (Å²) in [6, 6.07) is 18.1. The number of allylic oxidation sites excluding steroid dienone is 1. The Kier molecular flexibility index (Phi) is 5.96. The molecule has 3 aromatic rings. The quantitative estimate of drug-likeness (QED) is 0.424. The maximum Gasteiger partial charge on any atom is 0.231 e. The number of nitrogens with zero attached hydrogens (tertiary/aromatic N) is 1. The summed E-state index contributed by atoms with van der Waals surface area (Å²) in [5, 5.41) is 0.747. The largest absolute Gasteiger partial charge is 0.477 e. The first-order valence-electron chi connectivity index (χ1n) is 11.3. The number of aryl methyl sites for hydroxylation is 1. The summed E-state index contributed by atoms with van der Waals surface area (Å²) in [5.74, 6) is 1.73. The molecule has 0 N–H and O–H groups in total. The Hall–Kier alpha value is -3.08. The molecule has 0 amide bonds. The number of ketones is 1. The van der Waals surface area contributed by atoms with Gasteiger partial charge in [0, 0.05) is 29.2 Å². The van der Waals surface area contributed by atoms with Crippen LogP contribution in [0, 0.1) is 6.92 Å². The van der Waals surface area contributed by atoms with Crippen molar-refractivity contribution in [3.63, 3.8) is 0 Å². The second-order valence-corrected chi connectivity index (χ2v) is 9.04. The average Bonchev–Trinajstić information content (AvgIpc) is 3.14. The lowest BCUT2D eigenvalue weighted by Crippen LogP contribution is -2.34. The molecule has 2 heterocycles. The number of carbonyl (C=O) groups excluding carboxylic acids is 1. The average molecular weight is 460 g/mol. The minimum Gasteiger partial charge on any atom is -0.477 e. The molecule has 0 aromatic heterocycles. The van der Waals surface area contributed by atoms with Crippen molar-refractivity contribution in [3.8, 4) is 11.5 Å². The zero-order valence-electron chi connectivity index (χ0n) is 18.9. The number of hydrogen-bond donors (Lipinski definition) is 0. The predicted octanol–water partition coefficient (Wildman–Crippen LogP) is 6.22. The number of benzene rings is 3. The SMILES string of the molecule is CCc1ccc(/C=C2\Oc3c(cc4c(c3C)OCN(CCc3ccc(Cl)cc3)C4)C2=O)cc1. The first-order valence-corrected chi connectivity index (χ1v) is 11.7. The Bertz CT molecular complexity index is 1230. The van der Waals surface area contributed by atoms with E-state index in [2.05, 4.69) is 36.1 Å². The minimum absolute atomic E-state index is 0.0752. The molecule has 0 radical (unpaired) electrons. The maximum atomic E-state index is 13.1. The van der Waals surface area contributed by atoms with E-state index in [4.69, 9.17) is 21.1 Å². The lowest BCUT2D eigenvalue weighted by atomic mass is 9.99. The second kappa shape index (κ2) is 9.05. The van der Waals surface area contributed by atoms with Gasteiger partial charge >= 0.3 is 0 Å². The van der Waals surface area contributed by atoms with Gasteiger partial charge in [-0.2, -0.15) is 0 Å². The summed E-state index contributed by atoms with van der Waals surface area (Å²) in [4.78, 5) is 15.4. The molecule has 33 heavy (non-hydrogen) atoms. The van der Waals surface area contributed by atoms with E-state index in [-0.39, 0.29) is 5.78 Å². The van der Waals surface area contributed by atoms with Crippen molar-refractivity contribution >= 4 is 23.5 Å². The van der Waals surface area contributed by atoms with Gasteiger partial charge in [-0.3, -0.25) is 9.69 Å². The van der Waals surface area contributed by atoms with Crippen molar-refractivity contribution in [2.24, 2.45) is 0 Å². The van der Waals surface area contributed by atoms with Crippen molar-refractivity contribution in [1.82, 2.24) is 4.90 Å². The van der Waals surface area contributed by atoms with Crippen LogP contribution in [0.2, 0.25) is 5.02 Å². The summed E-state index contributed by atoms with van der Waals surface area (Å²) >= 11 is 5.99. The van der Waals surface area contributed by atoms with E-state index in [9.17, 15) is 4.79 Å². The number of Topliss-reactive ketones (excluding diaryl/α,β-unsaturated/α-hetero) is 1. The fraction of sp³-hybridized carbons (Fsp3) is 0.250. The molecule has 0 bridgehead atoms. The lowest BCUT2D eigenvalue weighted by Gasteiger charge is -2.30. The molecule has 0 atom stereocenters. The third-order valence-electron chi connectivity index (χ3n) is 6.32. The van der Waals surface area contributed by atoms with Crippen molar-refractivity contribution in [3.05, 3.63) is 98.8 Å². The molecule has 0 fully saturated rings. The molecule has 2 aliphatic rings. The molecule has 3 aromatic carbocycles. The van der Waals surface area contributed by atoms with Gasteiger partial charge in [0.15, 0.2) is 5.76 Å². The molecule has 0 saturated heterocycles. The van der Waals surface area contributed by atoms with E-state index in [1.165, 1.54) is 11.1 Å². The first-order chi connectivity index (χ1) is 16.0. The van der Waals surface area contributed by atoms with Crippen LogP contribution in [0.15, 0.2) is 60.4 Å². The highest BCUT2D eigenvalue weighted by Gasteiger charge is 2.33. The molecule has 0 spiro atoms. The number of halogens is 1. The fourth-order valence-electron chi connectivity index (χ4n) is 4.38. The van der Waals surface area contributed by atoms with Crippen molar-refractivity contribution in [1.29, 1.82) is 0 Å². The van der Waals surface area contributed by atoms with Crippen LogP contribution in [0.4, 0.5) is 0 Å². The summed E-state index contributed by atoms with van der Waals surface area (Å²) < 4.78 is 12.1. The van der Waals surface area contributed by atoms with E-state index >= 15 is 0 Å². The third-order valence-corrected chi connectivity index (χ3v) is 6.57. The van der Waals surface area contributed by atoms with Crippen LogP contribution in [-0.4, -0.2) is 24.0 Å². The van der Waals surface area contributed by atoms with Crippen LogP contribution >= 0.6 is 11.6 Å². The van der Waals surface area contributed by atoms with Crippen molar-refractivity contribution < 1.29 is 14.3 Å². The van der Waals surface area contributed by atoms with Gasteiger partial charge in [0.1, 0.15) is 18.2 Å². The molecule has 5 rings (SSSR count). The summed E-state index contributed by atoms with van der Waals surface area (Å²) in [7, 11) is 0. The molecule has 5 heteroatoms. The molecular formula is C28H26ClNO3. The van der Waals surface area contributed by atoms with Crippen LogP contribution in [0.5, 0.6) is 11.5 Å². The fourth-order valence-corrected chi connectivity index (χ4v) is 4.51. The smallest absolute Gasteiger partial charge is 0.231 e. The van der Waals surface area contributed by atoms with Crippen molar-refractivity contribution in [2.45, 2.75) is 33.2 Å². The number of rotatable bonds is 5.